The number of rotatable bonds is 4. The second-order valence-electron chi connectivity index (χ2n) is 4.39. The van der Waals surface area contributed by atoms with E-state index < -0.39 is 0 Å². The maximum absolute atomic E-state index is 11.3. The van der Waals surface area contributed by atoms with Gasteiger partial charge in [-0.05, 0) is 31.7 Å². The van der Waals surface area contributed by atoms with Gasteiger partial charge in [-0.1, -0.05) is 6.07 Å². The number of H-pyrrole nitrogens is 1. The summed E-state index contributed by atoms with van der Waals surface area (Å²) in [5, 5.41) is 3.19. The summed E-state index contributed by atoms with van der Waals surface area (Å²) in [7, 11) is 0. The van der Waals surface area contributed by atoms with Crippen LogP contribution in [0.25, 0.3) is 0 Å². The largest absolute Gasteiger partial charge is 0.465 e. The number of pyridine rings is 1. The molecule has 0 amide bonds. The first-order valence-electron chi connectivity index (χ1n) is 6.32. The molecular formula is C13H18N2O3. The van der Waals surface area contributed by atoms with E-state index in [0.717, 1.165) is 30.5 Å². The Kier molecular flexibility index (Phi) is 4.15. The van der Waals surface area contributed by atoms with E-state index >= 15 is 0 Å². The number of aromatic amines is 1. The van der Waals surface area contributed by atoms with Crippen molar-refractivity contribution in [1.29, 1.82) is 0 Å². The van der Waals surface area contributed by atoms with Gasteiger partial charge >= 0.3 is 5.97 Å². The van der Waals surface area contributed by atoms with Crippen LogP contribution in [0.3, 0.4) is 0 Å². The Hall–Kier alpha value is -1.62. The summed E-state index contributed by atoms with van der Waals surface area (Å²) in [5.41, 5.74) is 2.00. The molecule has 1 unspecified atom stereocenters. The summed E-state index contributed by atoms with van der Waals surface area (Å²) in [5.74, 6) is -0.242. The van der Waals surface area contributed by atoms with Gasteiger partial charge in [-0.2, -0.15) is 0 Å². The number of esters is 1. The zero-order chi connectivity index (χ0) is 13.0. The van der Waals surface area contributed by atoms with Gasteiger partial charge in [0.25, 0.3) is 0 Å². The number of aromatic nitrogens is 1. The fraction of sp³-hybridized carbons (Fsp3) is 0.538. The highest BCUT2D eigenvalue weighted by Gasteiger charge is 2.21. The minimum atomic E-state index is -0.242. The molecule has 0 aromatic carbocycles. The molecule has 5 nitrogen and oxygen atoms in total. The van der Waals surface area contributed by atoms with E-state index in [0.29, 0.717) is 6.61 Å². The Balaban J connectivity index is 2.04. The van der Waals surface area contributed by atoms with Gasteiger partial charge in [0.05, 0.1) is 13.2 Å². The molecule has 0 saturated carbocycles. The summed E-state index contributed by atoms with van der Waals surface area (Å²) in [6, 6.07) is 3.49. The zero-order valence-electron chi connectivity index (χ0n) is 10.5. The molecular weight excluding hydrogens is 232 g/mol. The van der Waals surface area contributed by atoms with Crippen molar-refractivity contribution in [2.75, 3.05) is 13.2 Å². The van der Waals surface area contributed by atoms with Crippen LogP contribution in [0.1, 0.15) is 37.1 Å². The number of aryl methyl sites for hydroxylation is 1. The number of hydrogen-bond donors (Lipinski definition) is 2. The van der Waals surface area contributed by atoms with Crippen LogP contribution in [-0.2, 0) is 16.0 Å². The van der Waals surface area contributed by atoms with Crippen molar-refractivity contribution in [2.45, 2.75) is 32.2 Å². The first-order valence-corrected chi connectivity index (χ1v) is 6.32. The number of ether oxygens (including phenoxy) is 1. The normalized spacial score (nSPS) is 18.2. The third-order valence-corrected chi connectivity index (χ3v) is 3.13. The van der Waals surface area contributed by atoms with Crippen LogP contribution in [0.15, 0.2) is 16.9 Å². The SMILES string of the molecule is CCOC(=O)CNC1CCCc2[nH]c(=O)ccc21. The van der Waals surface area contributed by atoms with Gasteiger partial charge in [-0.15, -0.1) is 0 Å². The molecule has 1 heterocycles. The van der Waals surface area contributed by atoms with Gasteiger partial charge in [0, 0.05) is 17.8 Å². The lowest BCUT2D eigenvalue weighted by molar-refractivity contribution is -0.142. The molecule has 1 aromatic rings. The second kappa shape index (κ2) is 5.82. The standard InChI is InChI=1S/C13H18N2O3/c1-2-18-13(17)8-14-10-4-3-5-11-9(10)6-7-12(16)15-11/h6-7,10,14H,2-5,8H2,1H3,(H,15,16). The number of hydrogen-bond acceptors (Lipinski definition) is 4. The lowest BCUT2D eigenvalue weighted by atomic mass is 9.91. The lowest BCUT2D eigenvalue weighted by Crippen LogP contribution is -2.32. The molecule has 1 atom stereocenters. The van der Waals surface area contributed by atoms with Crippen LogP contribution in [-0.4, -0.2) is 24.1 Å². The number of carbonyl (C=O) groups excluding carboxylic acids is 1. The Morgan fingerprint density at radius 1 is 1.56 bits per heavy atom. The third-order valence-electron chi connectivity index (χ3n) is 3.13. The van der Waals surface area contributed by atoms with Crippen molar-refractivity contribution in [1.82, 2.24) is 10.3 Å². The van der Waals surface area contributed by atoms with E-state index in [1.807, 2.05) is 6.07 Å². The Bertz CT molecular complexity index is 481. The molecule has 2 rings (SSSR count). The number of carbonyl (C=O) groups is 1. The highest BCUT2D eigenvalue weighted by molar-refractivity contribution is 5.71. The maximum Gasteiger partial charge on any atom is 0.319 e. The van der Waals surface area contributed by atoms with Gasteiger partial charge in [0.2, 0.25) is 5.56 Å². The highest BCUT2D eigenvalue weighted by atomic mass is 16.5. The number of nitrogens with one attached hydrogen (secondary N) is 2. The Labute approximate surface area is 106 Å². The summed E-state index contributed by atoms with van der Waals surface area (Å²) < 4.78 is 4.88. The summed E-state index contributed by atoms with van der Waals surface area (Å²) in [6.45, 7) is 2.39. The van der Waals surface area contributed by atoms with E-state index in [9.17, 15) is 9.59 Å². The average molecular weight is 250 g/mol. The third kappa shape index (κ3) is 2.98. The average Bonchev–Trinajstić information content (AvgIpc) is 2.36. The molecule has 0 fully saturated rings. The molecule has 1 aliphatic rings. The zero-order valence-corrected chi connectivity index (χ0v) is 10.5. The lowest BCUT2D eigenvalue weighted by Gasteiger charge is -2.25. The van der Waals surface area contributed by atoms with Crippen molar-refractivity contribution >= 4 is 5.97 Å². The fourth-order valence-corrected chi connectivity index (χ4v) is 2.33. The highest BCUT2D eigenvalue weighted by Crippen LogP contribution is 2.27. The molecule has 1 aliphatic carbocycles. The topological polar surface area (TPSA) is 71.2 Å². The van der Waals surface area contributed by atoms with E-state index in [1.165, 1.54) is 6.07 Å². The smallest absolute Gasteiger partial charge is 0.319 e. The molecule has 98 valence electrons. The molecule has 18 heavy (non-hydrogen) atoms. The second-order valence-corrected chi connectivity index (χ2v) is 4.39. The summed E-state index contributed by atoms with van der Waals surface area (Å²) in [6.07, 6.45) is 2.87. The van der Waals surface area contributed by atoms with Crippen LogP contribution in [0.2, 0.25) is 0 Å². The van der Waals surface area contributed by atoms with Crippen molar-refractivity contribution in [3.8, 4) is 0 Å². The van der Waals surface area contributed by atoms with E-state index in [4.69, 9.17) is 4.74 Å². The van der Waals surface area contributed by atoms with Crippen LogP contribution >= 0.6 is 0 Å². The van der Waals surface area contributed by atoms with Gasteiger partial charge in [0.1, 0.15) is 0 Å². The fourth-order valence-electron chi connectivity index (χ4n) is 2.33. The Morgan fingerprint density at radius 3 is 3.17 bits per heavy atom. The minimum Gasteiger partial charge on any atom is -0.465 e. The quantitative estimate of drug-likeness (QED) is 0.779. The van der Waals surface area contributed by atoms with E-state index in [-0.39, 0.29) is 24.1 Å². The van der Waals surface area contributed by atoms with Gasteiger partial charge in [0.15, 0.2) is 0 Å². The molecule has 0 spiro atoms. The minimum absolute atomic E-state index is 0.0696. The van der Waals surface area contributed by atoms with Gasteiger partial charge < -0.3 is 9.72 Å². The summed E-state index contributed by atoms with van der Waals surface area (Å²) in [4.78, 5) is 25.4. The van der Waals surface area contributed by atoms with Crippen molar-refractivity contribution in [2.24, 2.45) is 0 Å². The predicted molar refractivity (Wildman–Crippen MR) is 67.4 cm³/mol. The van der Waals surface area contributed by atoms with Crippen molar-refractivity contribution < 1.29 is 9.53 Å². The first kappa shape index (κ1) is 12.8. The van der Waals surface area contributed by atoms with Crippen molar-refractivity contribution in [3.05, 3.63) is 33.7 Å². The van der Waals surface area contributed by atoms with E-state index in [1.54, 1.807) is 6.92 Å². The maximum atomic E-state index is 11.3. The number of fused-ring (bicyclic) bond motifs is 1. The molecule has 5 heteroatoms. The van der Waals surface area contributed by atoms with Crippen LogP contribution in [0.5, 0.6) is 0 Å². The predicted octanol–water partition coefficient (Wildman–Crippen LogP) is 0.905. The van der Waals surface area contributed by atoms with Gasteiger partial charge in [-0.25, -0.2) is 0 Å². The van der Waals surface area contributed by atoms with Crippen LogP contribution in [0, 0.1) is 0 Å². The van der Waals surface area contributed by atoms with Crippen LogP contribution < -0.4 is 10.9 Å². The monoisotopic (exact) mass is 250 g/mol. The molecule has 0 saturated heterocycles. The molecule has 0 aliphatic heterocycles. The first-order chi connectivity index (χ1) is 8.70. The van der Waals surface area contributed by atoms with Crippen molar-refractivity contribution in [3.63, 3.8) is 0 Å². The molecule has 2 N–H and O–H groups in total. The Morgan fingerprint density at radius 2 is 2.39 bits per heavy atom. The van der Waals surface area contributed by atoms with Crippen LogP contribution in [0.4, 0.5) is 0 Å². The van der Waals surface area contributed by atoms with Gasteiger partial charge in [-0.3, -0.25) is 14.9 Å². The molecule has 0 radical (unpaired) electrons. The summed E-state index contributed by atoms with van der Waals surface area (Å²) >= 11 is 0. The van der Waals surface area contributed by atoms with E-state index in [2.05, 4.69) is 10.3 Å². The molecule has 0 bridgehead atoms. The molecule has 1 aromatic heterocycles.